The molecule has 26 heavy (non-hydrogen) atoms. The number of nitrogens with one attached hydrogen (secondary N) is 2. The average molecular weight is 356 g/mol. The van der Waals surface area contributed by atoms with E-state index in [1.807, 2.05) is 24.3 Å². The van der Waals surface area contributed by atoms with Crippen LogP contribution in [0.3, 0.4) is 0 Å². The summed E-state index contributed by atoms with van der Waals surface area (Å²) in [4.78, 5) is 26.2. The number of guanidine groups is 1. The fourth-order valence-corrected chi connectivity index (χ4v) is 3.53. The first-order valence-electron chi connectivity index (χ1n) is 9.41. The number of aliphatic imine (C=N–C) groups is 1. The minimum atomic E-state index is -0.219. The summed E-state index contributed by atoms with van der Waals surface area (Å²) < 4.78 is 0. The third kappa shape index (κ3) is 4.74. The molecule has 3 rings (SSSR count). The molecule has 1 fully saturated rings. The summed E-state index contributed by atoms with van der Waals surface area (Å²) in [7, 11) is 0. The molecule has 1 aliphatic rings. The van der Waals surface area contributed by atoms with Crippen LogP contribution in [0.1, 0.15) is 32.0 Å². The van der Waals surface area contributed by atoms with Crippen molar-refractivity contribution in [1.82, 2.24) is 20.2 Å². The van der Waals surface area contributed by atoms with Crippen molar-refractivity contribution in [1.29, 1.82) is 0 Å². The number of piperidine rings is 1. The summed E-state index contributed by atoms with van der Waals surface area (Å²) in [5, 5.41) is 3.37. The van der Waals surface area contributed by atoms with Crippen LogP contribution < -0.4 is 11.1 Å². The first-order valence-corrected chi connectivity index (χ1v) is 9.41. The zero-order chi connectivity index (χ0) is 18.4. The van der Waals surface area contributed by atoms with Crippen LogP contribution in [0, 0.1) is 5.92 Å². The molecule has 0 saturated carbocycles. The number of imidazole rings is 1. The number of hydrogen-bond donors (Lipinski definition) is 3. The molecule has 1 aliphatic heterocycles. The maximum Gasteiger partial charge on any atom is 0.217 e. The Morgan fingerprint density at radius 3 is 3.08 bits per heavy atom. The molecule has 1 amide bonds. The van der Waals surface area contributed by atoms with Crippen LogP contribution in [-0.4, -0.2) is 52.9 Å². The number of H-pyrrole nitrogens is 1. The smallest absolute Gasteiger partial charge is 0.217 e. The highest BCUT2D eigenvalue weighted by molar-refractivity contribution is 5.80. The predicted octanol–water partition coefficient (Wildman–Crippen LogP) is 1.66. The molecule has 0 radical (unpaired) electrons. The normalized spacial score (nSPS) is 18.3. The van der Waals surface area contributed by atoms with E-state index in [2.05, 4.69) is 27.1 Å². The van der Waals surface area contributed by atoms with Crippen molar-refractivity contribution in [3.05, 3.63) is 30.1 Å². The van der Waals surface area contributed by atoms with Crippen molar-refractivity contribution >= 4 is 22.9 Å². The molecule has 0 spiro atoms. The Balaban J connectivity index is 1.61. The number of nitrogens with zero attached hydrogens (tertiary/aromatic N) is 3. The van der Waals surface area contributed by atoms with Crippen molar-refractivity contribution in [2.45, 2.75) is 32.6 Å². The summed E-state index contributed by atoms with van der Waals surface area (Å²) in [6.45, 7) is 5.35. The fourth-order valence-electron chi connectivity index (χ4n) is 3.53. The van der Waals surface area contributed by atoms with Gasteiger partial charge in [0.1, 0.15) is 5.82 Å². The van der Waals surface area contributed by atoms with Gasteiger partial charge >= 0.3 is 0 Å². The lowest BCUT2D eigenvalue weighted by atomic mass is 9.95. The van der Waals surface area contributed by atoms with Gasteiger partial charge in [-0.3, -0.25) is 9.79 Å². The molecular weight excluding hydrogens is 328 g/mol. The Labute approximate surface area is 154 Å². The number of hydrogen-bond acceptors (Lipinski definition) is 3. The minimum Gasteiger partial charge on any atom is -0.370 e. The van der Waals surface area contributed by atoms with Gasteiger partial charge in [-0.25, -0.2) is 4.98 Å². The number of amides is 1. The number of aromatic amines is 1. The number of fused-ring (bicyclic) bond motifs is 1. The molecule has 1 aromatic carbocycles. The Hall–Kier alpha value is -2.57. The average Bonchev–Trinajstić information content (AvgIpc) is 3.03. The van der Waals surface area contributed by atoms with Crippen LogP contribution in [0.4, 0.5) is 0 Å². The lowest BCUT2D eigenvalue weighted by molar-refractivity contribution is -0.119. The lowest BCUT2D eigenvalue weighted by Gasteiger charge is -2.34. The first-order chi connectivity index (χ1) is 12.7. The van der Waals surface area contributed by atoms with Crippen LogP contribution >= 0.6 is 0 Å². The maximum absolute atomic E-state index is 11.2. The van der Waals surface area contributed by atoms with Gasteiger partial charge in [0.25, 0.3) is 0 Å². The second-order valence-corrected chi connectivity index (χ2v) is 6.81. The molecule has 2 heterocycles. The summed E-state index contributed by atoms with van der Waals surface area (Å²) >= 11 is 0. The minimum absolute atomic E-state index is 0.219. The molecule has 2 aromatic rings. The van der Waals surface area contributed by atoms with Crippen molar-refractivity contribution in [3.63, 3.8) is 0 Å². The standard InChI is InChI=1S/C19H28N6O/c1-2-21-19(25-11-5-6-14(13-25)12-17(20)26)22-10-9-18-23-15-7-3-4-8-16(15)24-18/h3-4,7-8,14H,2,5-6,9-13H2,1H3,(H2,20,26)(H,21,22)(H,23,24). The van der Waals surface area contributed by atoms with E-state index in [0.717, 1.165) is 61.7 Å². The molecule has 7 nitrogen and oxygen atoms in total. The summed E-state index contributed by atoms with van der Waals surface area (Å²) in [6.07, 6.45) is 3.33. The van der Waals surface area contributed by atoms with Gasteiger partial charge in [0.05, 0.1) is 11.0 Å². The van der Waals surface area contributed by atoms with Crippen LogP contribution in [0.5, 0.6) is 0 Å². The van der Waals surface area contributed by atoms with E-state index in [4.69, 9.17) is 10.7 Å². The molecule has 1 aromatic heterocycles. The number of para-hydroxylation sites is 2. The largest absolute Gasteiger partial charge is 0.370 e. The number of benzene rings is 1. The highest BCUT2D eigenvalue weighted by Crippen LogP contribution is 2.19. The third-order valence-corrected chi connectivity index (χ3v) is 4.69. The molecule has 4 N–H and O–H groups in total. The second-order valence-electron chi connectivity index (χ2n) is 6.81. The molecule has 1 saturated heterocycles. The SMILES string of the molecule is CCNC(=NCCc1nc2ccccc2[nH]1)N1CCCC(CC(N)=O)C1. The van der Waals surface area contributed by atoms with E-state index in [9.17, 15) is 4.79 Å². The number of rotatable bonds is 6. The molecular formula is C19H28N6O. The number of carbonyl (C=O) groups excluding carboxylic acids is 1. The van der Waals surface area contributed by atoms with E-state index in [-0.39, 0.29) is 5.91 Å². The summed E-state index contributed by atoms with van der Waals surface area (Å²) in [5.74, 6) is 1.97. The molecule has 0 bridgehead atoms. The van der Waals surface area contributed by atoms with E-state index < -0.39 is 0 Å². The molecule has 0 aliphatic carbocycles. The number of nitrogens with two attached hydrogens (primary N) is 1. The van der Waals surface area contributed by atoms with Gasteiger partial charge in [0.15, 0.2) is 5.96 Å². The van der Waals surface area contributed by atoms with Gasteiger partial charge in [0, 0.05) is 39.0 Å². The number of carbonyl (C=O) groups is 1. The fraction of sp³-hybridized carbons (Fsp3) is 0.526. The Bertz CT molecular complexity index is 735. The maximum atomic E-state index is 11.2. The van der Waals surface area contributed by atoms with Gasteiger partial charge in [-0.05, 0) is 37.8 Å². The second kappa shape index (κ2) is 8.69. The van der Waals surface area contributed by atoms with Crippen molar-refractivity contribution in [2.24, 2.45) is 16.6 Å². The summed E-state index contributed by atoms with van der Waals surface area (Å²) in [6, 6.07) is 8.04. The van der Waals surface area contributed by atoms with Crippen LogP contribution in [0.2, 0.25) is 0 Å². The molecule has 1 atom stereocenters. The van der Waals surface area contributed by atoms with E-state index in [0.29, 0.717) is 18.9 Å². The van der Waals surface area contributed by atoms with E-state index in [1.54, 1.807) is 0 Å². The van der Waals surface area contributed by atoms with Crippen LogP contribution in [-0.2, 0) is 11.2 Å². The topological polar surface area (TPSA) is 99.4 Å². The van der Waals surface area contributed by atoms with Gasteiger partial charge in [-0.1, -0.05) is 12.1 Å². The van der Waals surface area contributed by atoms with Gasteiger partial charge < -0.3 is 20.9 Å². The van der Waals surface area contributed by atoms with Gasteiger partial charge in [-0.2, -0.15) is 0 Å². The first kappa shape index (κ1) is 18.2. The van der Waals surface area contributed by atoms with Crippen molar-refractivity contribution in [3.8, 4) is 0 Å². The molecule has 140 valence electrons. The van der Waals surface area contributed by atoms with Crippen molar-refractivity contribution in [2.75, 3.05) is 26.2 Å². The predicted molar refractivity (Wildman–Crippen MR) is 104 cm³/mol. The number of aromatic nitrogens is 2. The number of primary amides is 1. The zero-order valence-electron chi connectivity index (χ0n) is 15.4. The van der Waals surface area contributed by atoms with Gasteiger partial charge in [0.2, 0.25) is 5.91 Å². The zero-order valence-corrected chi connectivity index (χ0v) is 15.4. The van der Waals surface area contributed by atoms with Crippen molar-refractivity contribution < 1.29 is 4.79 Å². The number of likely N-dealkylation sites (tertiary alicyclic amines) is 1. The Morgan fingerprint density at radius 1 is 1.46 bits per heavy atom. The monoisotopic (exact) mass is 356 g/mol. The Morgan fingerprint density at radius 2 is 2.31 bits per heavy atom. The molecule has 1 unspecified atom stereocenters. The van der Waals surface area contributed by atoms with Crippen LogP contribution in [0.25, 0.3) is 11.0 Å². The molecule has 7 heteroatoms. The van der Waals surface area contributed by atoms with E-state index in [1.165, 1.54) is 0 Å². The third-order valence-electron chi connectivity index (χ3n) is 4.69. The highest BCUT2D eigenvalue weighted by Gasteiger charge is 2.23. The summed E-state index contributed by atoms with van der Waals surface area (Å²) in [5.41, 5.74) is 7.41. The Kier molecular flexibility index (Phi) is 6.09. The van der Waals surface area contributed by atoms with Gasteiger partial charge in [-0.15, -0.1) is 0 Å². The van der Waals surface area contributed by atoms with Crippen LogP contribution in [0.15, 0.2) is 29.3 Å². The van der Waals surface area contributed by atoms with E-state index >= 15 is 0 Å². The highest BCUT2D eigenvalue weighted by atomic mass is 16.1. The lowest BCUT2D eigenvalue weighted by Crippen LogP contribution is -2.47. The quantitative estimate of drug-likeness (QED) is 0.541.